The van der Waals surface area contributed by atoms with E-state index in [4.69, 9.17) is 4.98 Å². The average molecular weight is 523 g/mol. The summed E-state index contributed by atoms with van der Waals surface area (Å²) in [5, 5.41) is 19.5. The Balaban J connectivity index is 1.08. The van der Waals surface area contributed by atoms with E-state index in [0.29, 0.717) is 11.7 Å². The maximum atomic E-state index is 12.9. The molecule has 1 amide bonds. The van der Waals surface area contributed by atoms with Crippen molar-refractivity contribution in [1.29, 1.82) is 0 Å². The van der Waals surface area contributed by atoms with Crippen LogP contribution in [0.5, 0.6) is 0 Å². The van der Waals surface area contributed by atoms with E-state index in [0.717, 1.165) is 79.9 Å². The van der Waals surface area contributed by atoms with Crippen molar-refractivity contribution in [3.8, 4) is 0 Å². The molecule has 3 aromatic rings. The van der Waals surface area contributed by atoms with Gasteiger partial charge in [0.1, 0.15) is 11.9 Å². The van der Waals surface area contributed by atoms with E-state index in [9.17, 15) is 14.7 Å². The number of hydrogen-bond donors (Lipinski definition) is 4. The number of carboxylic acids is 1. The Hall–Kier alpha value is -3.24. The predicted octanol–water partition coefficient (Wildman–Crippen LogP) is 3.38. The van der Waals surface area contributed by atoms with Crippen LogP contribution in [-0.4, -0.2) is 70.6 Å². The molecule has 1 unspecified atom stereocenters. The smallest absolute Gasteiger partial charge is 0.328 e. The first-order valence-corrected chi connectivity index (χ1v) is 13.9. The number of amides is 1. The van der Waals surface area contributed by atoms with Gasteiger partial charge in [-0.3, -0.25) is 4.79 Å². The topological polar surface area (TPSA) is 119 Å². The SMILES string of the molecule is O=C(O)C(CNC(=O)[C@@H]1CCCN(CCCc2ccc3c(n2)NCCC3)C1)Nc1nc2ccccc2s1. The van der Waals surface area contributed by atoms with Gasteiger partial charge in [-0.05, 0) is 75.4 Å². The van der Waals surface area contributed by atoms with Crippen LogP contribution >= 0.6 is 11.3 Å². The number of benzene rings is 1. The van der Waals surface area contributed by atoms with Gasteiger partial charge in [-0.2, -0.15) is 0 Å². The van der Waals surface area contributed by atoms with Crippen LogP contribution in [0.4, 0.5) is 10.9 Å². The number of fused-ring (bicyclic) bond motifs is 2. The van der Waals surface area contributed by atoms with Crippen molar-refractivity contribution >= 4 is 44.4 Å². The summed E-state index contributed by atoms with van der Waals surface area (Å²) in [6.45, 7) is 3.62. The highest BCUT2D eigenvalue weighted by Gasteiger charge is 2.27. The van der Waals surface area contributed by atoms with Gasteiger partial charge < -0.3 is 26.0 Å². The zero-order valence-electron chi connectivity index (χ0n) is 20.9. The number of carbonyl (C=O) groups excluding carboxylic acids is 1. The third kappa shape index (κ3) is 6.56. The highest BCUT2D eigenvalue weighted by molar-refractivity contribution is 7.22. The predicted molar refractivity (Wildman–Crippen MR) is 146 cm³/mol. The van der Waals surface area contributed by atoms with Crippen LogP contribution in [0.2, 0.25) is 0 Å². The second-order valence-corrected chi connectivity index (χ2v) is 10.9. The molecule has 1 aromatic carbocycles. The Morgan fingerprint density at radius 2 is 2.08 bits per heavy atom. The number of nitrogens with one attached hydrogen (secondary N) is 3. The quantitative estimate of drug-likeness (QED) is 0.320. The first-order chi connectivity index (χ1) is 18.0. The Bertz CT molecular complexity index is 1210. The normalized spacial score (nSPS) is 18.5. The fourth-order valence-electron chi connectivity index (χ4n) is 5.09. The largest absolute Gasteiger partial charge is 0.480 e. The summed E-state index contributed by atoms with van der Waals surface area (Å²) in [5.74, 6) is -0.187. The lowest BCUT2D eigenvalue weighted by Crippen LogP contribution is -2.47. The Morgan fingerprint density at radius 3 is 2.95 bits per heavy atom. The van der Waals surface area contributed by atoms with E-state index >= 15 is 0 Å². The van der Waals surface area contributed by atoms with E-state index in [1.54, 1.807) is 0 Å². The number of likely N-dealkylation sites (tertiary alicyclic amines) is 1. The number of para-hydroxylation sites is 1. The molecule has 0 radical (unpaired) electrons. The van der Waals surface area contributed by atoms with E-state index in [-0.39, 0.29) is 18.4 Å². The number of aliphatic carboxylic acids is 1. The van der Waals surface area contributed by atoms with E-state index in [2.05, 4.69) is 38.0 Å². The van der Waals surface area contributed by atoms with Gasteiger partial charge in [0.25, 0.3) is 0 Å². The van der Waals surface area contributed by atoms with Crippen LogP contribution in [0.25, 0.3) is 10.2 Å². The number of thiazole rings is 1. The summed E-state index contributed by atoms with van der Waals surface area (Å²) >= 11 is 1.41. The monoisotopic (exact) mass is 522 g/mol. The second kappa shape index (κ2) is 11.9. The molecule has 2 atom stereocenters. The summed E-state index contributed by atoms with van der Waals surface area (Å²) in [4.78, 5) is 36.3. The fraction of sp³-hybridized carbons (Fsp3) is 0.481. The maximum Gasteiger partial charge on any atom is 0.328 e. The number of anilines is 2. The molecular weight excluding hydrogens is 488 g/mol. The Labute approximate surface area is 220 Å². The molecule has 4 heterocycles. The minimum Gasteiger partial charge on any atom is -0.480 e. The molecule has 1 fully saturated rings. The molecule has 37 heavy (non-hydrogen) atoms. The van der Waals surface area contributed by atoms with Crippen molar-refractivity contribution in [3.63, 3.8) is 0 Å². The molecule has 1 saturated heterocycles. The standard InChI is InChI=1S/C27H34N6O3S/c34-25(29-16-22(26(35)36)32-27-31-21-9-1-2-10-23(21)37-27)19-7-4-14-33(17-19)15-5-8-20-12-11-18-6-3-13-28-24(18)30-20/h1-2,9-12,19,22H,3-8,13-17H2,(H,28,30)(H,29,34)(H,31,32)(H,35,36)/t19-,22?/m1/s1. The zero-order chi connectivity index (χ0) is 25.6. The summed E-state index contributed by atoms with van der Waals surface area (Å²) in [6.07, 6.45) is 5.95. The molecule has 5 rings (SSSR count). The summed E-state index contributed by atoms with van der Waals surface area (Å²) in [6, 6.07) is 11.1. The fourth-order valence-corrected chi connectivity index (χ4v) is 6.01. The highest BCUT2D eigenvalue weighted by atomic mass is 32.1. The van der Waals surface area contributed by atoms with Gasteiger partial charge in [-0.15, -0.1) is 0 Å². The van der Waals surface area contributed by atoms with Crippen molar-refractivity contribution in [2.45, 2.75) is 44.6 Å². The number of hydrogen-bond acceptors (Lipinski definition) is 8. The van der Waals surface area contributed by atoms with Crippen LogP contribution < -0.4 is 16.0 Å². The first kappa shape index (κ1) is 25.4. The van der Waals surface area contributed by atoms with Crippen molar-refractivity contribution < 1.29 is 14.7 Å². The molecule has 0 saturated carbocycles. The van der Waals surface area contributed by atoms with E-state index < -0.39 is 12.0 Å². The van der Waals surface area contributed by atoms with Crippen LogP contribution in [0.15, 0.2) is 36.4 Å². The average Bonchev–Trinajstić information content (AvgIpc) is 3.33. The van der Waals surface area contributed by atoms with E-state index in [1.807, 2.05) is 24.3 Å². The molecule has 2 aliphatic rings. The van der Waals surface area contributed by atoms with Gasteiger partial charge in [0.05, 0.1) is 16.1 Å². The van der Waals surface area contributed by atoms with Crippen LogP contribution in [0.1, 0.15) is 36.9 Å². The van der Waals surface area contributed by atoms with Crippen LogP contribution in [0.3, 0.4) is 0 Å². The third-order valence-corrected chi connectivity index (χ3v) is 8.07. The lowest BCUT2D eigenvalue weighted by Gasteiger charge is -2.32. The van der Waals surface area contributed by atoms with Gasteiger partial charge in [0.2, 0.25) is 5.91 Å². The molecular formula is C27H34N6O3S. The number of aromatic nitrogens is 2. The molecule has 2 aliphatic heterocycles. The summed E-state index contributed by atoms with van der Waals surface area (Å²) in [7, 11) is 0. The Morgan fingerprint density at radius 1 is 1.19 bits per heavy atom. The number of pyridine rings is 1. The third-order valence-electron chi connectivity index (χ3n) is 7.11. The minimum absolute atomic E-state index is 0.0125. The summed E-state index contributed by atoms with van der Waals surface area (Å²) < 4.78 is 0.986. The molecule has 2 aromatic heterocycles. The lowest BCUT2D eigenvalue weighted by molar-refractivity contribution is -0.138. The molecule has 0 bridgehead atoms. The van der Waals surface area contributed by atoms with Crippen LogP contribution in [0, 0.1) is 5.92 Å². The van der Waals surface area contributed by atoms with E-state index in [1.165, 1.54) is 16.9 Å². The highest BCUT2D eigenvalue weighted by Crippen LogP contribution is 2.26. The number of carboxylic acid groups (broad SMARTS) is 1. The number of piperidine rings is 1. The van der Waals surface area contributed by atoms with Crippen molar-refractivity contribution in [2.75, 3.05) is 43.4 Å². The van der Waals surface area contributed by atoms with Gasteiger partial charge >= 0.3 is 5.97 Å². The molecule has 9 nitrogen and oxygen atoms in total. The van der Waals surface area contributed by atoms with Crippen molar-refractivity contribution in [1.82, 2.24) is 20.2 Å². The van der Waals surface area contributed by atoms with Gasteiger partial charge in [-0.25, -0.2) is 14.8 Å². The second-order valence-electron chi connectivity index (χ2n) is 9.85. The summed E-state index contributed by atoms with van der Waals surface area (Å²) in [5.41, 5.74) is 3.24. The van der Waals surface area contributed by atoms with Crippen molar-refractivity contribution in [2.24, 2.45) is 5.92 Å². The molecule has 196 valence electrons. The number of aryl methyl sites for hydroxylation is 2. The maximum absolute atomic E-state index is 12.9. The first-order valence-electron chi connectivity index (χ1n) is 13.1. The molecule has 0 aliphatic carbocycles. The number of carbonyl (C=O) groups is 2. The van der Waals surface area contributed by atoms with Gasteiger partial charge in [-0.1, -0.05) is 29.5 Å². The number of rotatable bonds is 10. The molecule has 4 N–H and O–H groups in total. The molecule has 10 heteroatoms. The number of nitrogens with zero attached hydrogens (tertiary/aromatic N) is 3. The minimum atomic E-state index is -1.02. The zero-order valence-corrected chi connectivity index (χ0v) is 21.7. The Kier molecular flexibility index (Phi) is 8.15. The van der Waals surface area contributed by atoms with Gasteiger partial charge in [0, 0.05) is 25.3 Å². The lowest BCUT2D eigenvalue weighted by atomic mass is 9.96. The van der Waals surface area contributed by atoms with Gasteiger partial charge in [0.15, 0.2) is 5.13 Å². The van der Waals surface area contributed by atoms with Crippen molar-refractivity contribution in [3.05, 3.63) is 47.7 Å². The molecule has 0 spiro atoms. The van der Waals surface area contributed by atoms with Crippen LogP contribution in [-0.2, 0) is 22.4 Å².